The minimum Gasteiger partial charge on any atom is -0.493 e. The molecule has 5 atom stereocenters. The number of nitrogens with one attached hydrogen (secondary N) is 1. The number of rotatable bonds is 5. The van der Waals surface area contributed by atoms with E-state index in [1.807, 2.05) is 24.3 Å². The van der Waals surface area contributed by atoms with Gasteiger partial charge in [-0.25, -0.2) is 0 Å². The van der Waals surface area contributed by atoms with Gasteiger partial charge in [0, 0.05) is 16.8 Å². The zero-order valence-electron chi connectivity index (χ0n) is 16.6. The largest absolute Gasteiger partial charge is 0.493 e. The predicted octanol–water partition coefficient (Wildman–Crippen LogP) is 0.367. The van der Waals surface area contributed by atoms with E-state index >= 15 is 0 Å². The fraction of sp³-hybridized carbons (Fsp3) is 0.318. The maximum absolute atomic E-state index is 12.3. The topological polar surface area (TPSA) is 138 Å². The third-order valence-corrected chi connectivity index (χ3v) is 5.30. The Balaban J connectivity index is 1.59. The number of amides is 1. The third kappa shape index (κ3) is 4.01. The summed E-state index contributed by atoms with van der Waals surface area (Å²) in [5.74, 6) is 0.310. The number of carbonyl (C=O) groups is 1. The number of aliphatic hydroxyl groups excluding tert-OH is 4. The van der Waals surface area contributed by atoms with E-state index in [0.717, 1.165) is 11.3 Å². The molecule has 2 heterocycles. The van der Waals surface area contributed by atoms with Crippen LogP contribution in [0.4, 0.5) is 5.69 Å². The van der Waals surface area contributed by atoms with Crippen molar-refractivity contribution in [3.05, 3.63) is 53.6 Å². The van der Waals surface area contributed by atoms with Gasteiger partial charge in [0.05, 0.1) is 13.7 Å². The number of benzene rings is 2. The molecular weight excluding hydrogens is 406 g/mol. The van der Waals surface area contributed by atoms with Crippen LogP contribution in [0.15, 0.2) is 42.5 Å². The van der Waals surface area contributed by atoms with Gasteiger partial charge in [0.15, 0.2) is 11.5 Å². The maximum Gasteiger partial charge on any atom is 0.256 e. The molecule has 0 spiro atoms. The Kier molecular flexibility index (Phi) is 5.94. The highest BCUT2D eigenvalue weighted by atomic mass is 16.7. The lowest BCUT2D eigenvalue weighted by Crippen LogP contribution is -2.60. The molecular formula is C22H23NO8. The molecule has 9 nitrogen and oxygen atoms in total. The summed E-state index contributed by atoms with van der Waals surface area (Å²) >= 11 is 0. The standard InChI is InChI=1S/C22H23NO8/c1-29-16-9-11(8-13-12-4-2-3-5-14(12)23-21(13)28)6-7-15(16)30-22-20(27)19(26)18(25)17(10-24)31-22/h2-9,17-20,22,24-27H,10H2,1H3,(H,23,28)/b13-8+/t17-,18+,19+,20-,22-/m1/s1. The number of ether oxygens (including phenoxy) is 3. The number of anilines is 1. The molecule has 164 valence electrons. The van der Waals surface area contributed by atoms with Gasteiger partial charge in [0.25, 0.3) is 5.91 Å². The molecule has 4 rings (SSSR count). The Bertz CT molecular complexity index is 1000. The second kappa shape index (κ2) is 8.66. The highest BCUT2D eigenvalue weighted by molar-refractivity contribution is 6.34. The summed E-state index contributed by atoms with van der Waals surface area (Å²) in [6, 6.07) is 12.3. The van der Waals surface area contributed by atoms with Crippen molar-refractivity contribution in [3.63, 3.8) is 0 Å². The summed E-state index contributed by atoms with van der Waals surface area (Å²) in [7, 11) is 1.43. The average molecular weight is 429 g/mol. The van der Waals surface area contributed by atoms with Gasteiger partial charge in [-0.2, -0.15) is 0 Å². The first-order valence-corrected chi connectivity index (χ1v) is 9.70. The van der Waals surface area contributed by atoms with Gasteiger partial charge in [-0.3, -0.25) is 4.79 Å². The predicted molar refractivity (Wildman–Crippen MR) is 110 cm³/mol. The molecule has 2 aromatic rings. The number of para-hydroxylation sites is 1. The molecule has 2 aliphatic rings. The van der Waals surface area contributed by atoms with Crippen LogP contribution >= 0.6 is 0 Å². The van der Waals surface area contributed by atoms with E-state index in [2.05, 4.69) is 5.32 Å². The molecule has 2 aliphatic heterocycles. The first kappa shape index (κ1) is 21.3. The molecule has 0 bridgehead atoms. The summed E-state index contributed by atoms with van der Waals surface area (Å²) in [6.45, 7) is -0.558. The monoisotopic (exact) mass is 429 g/mol. The molecule has 5 N–H and O–H groups in total. The SMILES string of the molecule is COc1cc(/C=C2/C(=O)Nc3ccccc32)ccc1O[C@@H]1O[C@H](CO)[C@H](O)[C@H](O)[C@H]1O. The quantitative estimate of drug-likeness (QED) is 0.430. The van der Waals surface area contributed by atoms with E-state index in [0.29, 0.717) is 16.9 Å². The van der Waals surface area contributed by atoms with Gasteiger partial charge in [-0.15, -0.1) is 0 Å². The van der Waals surface area contributed by atoms with Crippen molar-refractivity contribution in [3.8, 4) is 11.5 Å². The summed E-state index contributed by atoms with van der Waals surface area (Å²) in [5.41, 5.74) is 2.74. The van der Waals surface area contributed by atoms with Crippen molar-refractivity contribution >= 4 is 23.2 Å². The van der Waals surface area contributed by atoms with Crippen molar-refractivity contribution < 1.29 is 39.4 Å². The van der Waals surface area contributed by atoms with Crippen LogP contribution in [0.1, 0.15) is 11.1 Å². The van der Waals surface area contributed by atoms with Crippen molar-refractivity contribution in [2.45, 2.75) is 30.7 Å². The molecule has 0 aromatic heterocycles. The average Bonchev–Trinajstić information content (AvgIpc) is 3.10. The van der Waals surface area contributed by atoms with E-state index in [1.165, 1.54) is 7.11 Å². The van der Waals surface area contributed by atoms with Gasteiger partial charge < -0.3 is 40.0 Å². The number of hydrogen-bond donors (Lipinski definition) is 5. The lowest BCUT2D eigenvalue weighted by Gasteiger charge is -2.39. The lowest BCUT2D eigenvalue weighted by molar-refractivity contribution is -0.277. The molecule has 2 aromatic carbocycles. The zero-order valence-corrected chi connectivity index (χ0v) is 16.6. The van der Waals surface area contributed by atoms with Crippen molar-refractivity contribution in [1.82, 2.24) is 0 Å². The van der Waals surface area contributed by atoms with E-state index in [4.69, 9.17) is 14.2 Å². The molecule has 0 radical (unpaired) electrons. The van der Waals surface area contributed by atoms with E-state index in [9.17, 15) is 25.2 Å². The highest BCUT2D eigenvalue weighted by Crippen LogP contribution is 2.36. The van der Waals surface area contributed by atoms with Gasteiger partial charge in [0.1, 0.15) is 24.4 Å². The summed E-state index contributed by atoms with van der Waals surface area (Å²) in [5, 5.41) is 42.1. The Morgan fingerprint density at radius 2 is 1.84 bits per heavy atom. The summed E-state index contributed by atoms with van der Waals surface area (Å²) in [6.07, 6.45) is -5.26. The van der Waals surface area contributed by atoms with Gasteiger partial charge >= 0.3 is 0 Å². The van der Waals surface area contributed by atoms with Crippen LogP contribution in [0.25, 0.3) is 11.6 Å². The minimum atomic E-state index is -1.55. The van der Waals surface area contributed by atoms with Crippen LogP contribution in [0.3, 0.4) is 0 Å². The Hall–Kier alpha value is -2.95. The summed E-state index contributed by atoms with van der Waals surface area (Å²) < 4.78 is 16.4. The molecule has 0 aliphatic carbocycles. The normalized spacial score (nSPS) is 28.9. The maximum atomic E-state index is 12.3. The van der Waals surface area contributed by atoms with Crippen LogP contribution in [0, 0.1) is 0 Å². The Morgan fingerprint density at radius 3 is 2.58 bits per heavy atom. The lowest BCUT2D eigenvalue weighted by atomic mass is 9.99. The van der Waals surface area contributed by atoms with Crippen LogP contribution in [-0.4, -0.2) is 70.8 Å². The molecule has 1 saturated heterocycles. The smallest absolute Gasteiger partial charge is 0.256 e. The van der Waals surface area contributed by atoms with Crippen LogP contribution < -0.4 is 14.8 Å². The van der Waals surface area contributed by atoms with Gasteiger partial charge in [0.2, 0.25) is 6.29 Å². The fourth-order valence-electron chi connectivity index (χ4n) is 3.61. The van der Waals surface area contributed by atoms with Crippen LogP contribution in [-0.2, 0) is 9.53 Å². The Labute approximate surface area is 178 Å². The minimum absolute atomic E-state index is 0.207. The van der Waals surface area contributed by atoms with Crippen molar-refractivity contribution in [1.29, 1.82) is 0 Å². The van der Waals surface area contributed by atoms with E-state index in [-0.39, 0.29) is 11.7 Å². The molecule has 0 unspecified atom stereocenters. The molecule has 1 fully saturated rings. The van der Waals surface area contributed by atoms with E-state index in [1.54, 1.807) is 24.3 Å². The highest BCUT2D eigenvalue weighted by Gasteiger charge is 2.45. The van der Waals surface area contributed by atoms with Crippen LogP contribution in [0.2, 0.25) is 0 Å². The zero-order chi connectivity index (χ0) is 22.1. The molecule has 31 heavy (non-hydrogen) atoms. The fourth-order valence-corrected chi connectivity index (χ4v) is 3.61. The molecule has 9 heteroatoms. The van der Waals surface area contributed by atoms with Crippen molar-refractivity contribution in [2.75, 3.05) is 19.0 Å². The number of aliphatic hydroxyl groups is 4. The number of carbonyl (C=O) groups excluding carboxylic acids is 1. The molecule has 0 saturated carbocycles. The second-order valence-corrected chi connectivity index (χ2v) is 7.28. The second-order valence-electron chi connectivity index (χ2n) is 7.28. The number of fused-ring (bicyclic) bond motifs is 1. The first-order valence-electron chi connectivity index (χ1n) is 9.70. The van der Waals surface area contributed by atoms with Gasteiger partial charge in [-0.05, 0) is 29.8 Å². The first-order chi connectivity index (χ1) is 14.9. The number of hydrogen-bond acceptors (Lipinski definition) is 8. The third-order valence-electron chi connectivity index (χ3n) is 5.30. The summed E-state index contributed by atoms with van der Waals surface area (Å²) in [4.78, 5) is 12.3. The number of methoxy groups -OCH3 is 1. The Morgan fingerprint density at radius 1 is 1.06 bits per heavy atom. The van der Waals surface area contributed by atoms with Gasteiger partial charge in [-0.1, -0.05) is 24.3 Å². The molecule has 1 amide bonds. The van der Waals surface area contributed by atoms with Crippen molar-refractivity contribution in [2.24, 2.45) is 0 Å². The van der Waals surface area contributed by atoms with Crippen LogP contribution in [0.5, 0.6) is 11.5 Å². The van der Waals surface area contributed by atoms with E-state index < -0.39 is 37.3 Å².